The molecule has 0 heterocycles. The molecule has 0 spiro atoms. The van der Waals surface area contributed by atoms with Gasteiger partial charge in [0.25, 0.3) is 0 Å². The van der Waals surface area contributed by atoms with Crippen molar-refractivity contribution >= 4 is 21.6 Å². The van der Waals surface area contributed by atoms with E-state index in [1.54, 1.807) is 0 Å². The molecule has 0 aromatic carbocycles. The van der Waals surface area contributed by atoms with E-state index in [9.17, 15) is 18.0 Å². The molecule has 0 bridgehead atoms. The van der Waals surface area contributed by atoms with Crippen molar-refractivity contribution < 1.29 is 18.0 Å². The van der Waals surface area contributed by atoms with Crippen molar-refractivity contribution in [3.05, 3.63) is 35.5 Å². The van der Waals surface area contributed by atoms with Crippen molar-refractivity contribution in [2.75, 3.05) is 0 Å². The van der Waals surface area contributed by atoms with Crippen molar-refractivity contribution in [1.29, 1.82) is 0 Å². The van der Waals surface area contributed by atoms with Gasteiger partial charge in [-0.15, -0.1) is 0 Å². The number of hydrogen-bond acceptors (Lipinski definition) is 4. The number of allylic oxidation sites excluding steroid dienone is 5. The summed E-state index contributed by atoms with van der Waals surface area (Å²) in [6.45, 7) is 0. The van der Waals surface area contributed by atoms with Crippen LogP contribution in [0, 0.1) is 0 Å². The fourth-order valence-electron chi connectivity index (χ4n) is 1.83. The van der Waals surface area contributed by atoms with Gasteiger partial charge >= 0.3 is 0 Å². The van der Waals surface area contributed by atoms with Gasteiger partial charge in [-0.25, -0.2) is 13.6 Å². The van der Waals surface area contributed by atoms with Gasteiger partial charge in [0.1, 0.15) is 5.25 Å². The van der Waals surface area contributed by atoms with Crippen molar-refractivity contribution in [3.63, 3.8) is 0 Å². The van der Waals surface area contributed by atoms with Gasteiger partial charge in [-0.3, -0.25) is 9.59 Å². The first-order chi connectivity index (χ1) is 7.41. The zero-order chi connectivity index (χ0) is 11.9. The number of sulfonamides is 1. The summed E-state index contributed by atoms with van der Waals surface area (Å²) in [7, 11) is -3.87. The Morgan fingerprint density at radius 3 is 2.38 bits per heavy atom. The third kappa shape index (κ3) is 1.66. The van der Waals surface area contributed by atoms with Crippen LogP contribution in [0.2, 0.25) is 0 Å². The fourth-order valence-corrected chi connectivity index (χ4v) is 2.78. The predicted molar refractivity (Wildman–Crippen MR) is 56.8 cm³/mol. The van der Waals surface area contributed by atoms with Crippen LogP contribution in [-0.4, -0.2) is 25.2 Å². The molecule has 0 fully saturated rings. The van der Waals surface area contributed by atoms with Gasteiger partial charge in [-0.2, -0.15) is 0 Å². The van der Waals surface area contributed by atoms with Crippen molar-refractivity contribution in [2.24, 2.45) is 5.14 Å². The summed E-state index contributed by atoms with van der Waals surface area (Å²) < 4.78 is 22.6. The molecule has 0 aliphatic heterocycles. The van der Waals surface area contributed by atoms with Crippen molar-refractivity contribution in [1.82, 2.24) is 0 Å². The van der Waals surface area contributed by atoms with Gasteiger partial charge in [-0.05, 0) is 18.6 Å². The molecule has 16 heavy (non-hydrogen) atoms. The lowest BCUT2D eigenvalue weighted by molar-refractivity contribution is -0.115. The molecule has 0 saturated carbocycles. The molecule has 2 aliphatic rings. The summed E-state index contributed by atoms with van der Waals surface area (Å²) in [6.07, 6.45) is 5.36. The van der Waals surface area contributed by atoms with Crippen LogP contribution in [0.4, 0.5) is 0 Å². The lowest BCUT2D eigenvalue weighted by atomic mass is 9.88. The second kappa shape index (κ2) is 3.50. The number of carbonyl (C=O) groups is 2. The summed E-state index contributed by atoms with van der Waals surface area (Å²) in [5, 5.41) is 3.94. The second-order valence-electron chi connectivity index (χ2n) is 3.60. The Bertz CT molecular complexity index is 566. The minimum Gasteiger partial charge on any atom is -0.290 e. The molecular weight excluding hydrogens is 230 g/mol. The molecular formula is C10H9NO4S. The van der Waals surface area contributed by atoms with E-state index >= 15 is 0 Å². The van der Waals surface area contributed by atoms with Crippen LogP contribution in [0.1, 0.15) is 6.42 Å². The first kappa shape index (κ1) is 11.0. The summed E-state index contributed by atoms with van der Waals surface area (Å²) >= 11 is 0. The summed E-state index contributed by atoms with van der Waals surface area (Å²) in [5.41, 5.74) is 0.135. The first-order valence-corrected chi connectivity index (χ1v) is 6.21. The van der Waals surface area contributed by atoms with E-state index in [0.717, 1.165) is 12.2 Å². The zero-order valence-electron chi connectivity index (χ0n) is 8.21. The van der Waals surface area contributed by atoms with Crippen LogP contribution < -0.4 is 5.14 Å². The van der Waals surface area contributed by atoms with Gasteiger partial charge in [-0.1, -0.05) is 12.2 Å². The molecule has 6 heteroatoms. The normalized spacial score (nSPS) is 24.9. The van der Waals surface area contributed by atoms with E-state index in [-0.39, 0.29) is 23.4 Å². The molecule has 2 aliphatic carbocycles. The summed E-state index contributed by atoms with van der Waals surface area (Å²) in [6, 6.07) is 0. The minimum absolute atomic E-state index is 0.00231. The number of nitrogens with two attached hydrogens (primary N) is 1. The minimum atomic E-state index is -3.87. The number of rotatable bonds is 1. The summed E-state index contributed by atoms with van der Waals surface area (Å²) in [4.78, 5) is 23.0. The largest absolute Gasteiger partial charge is 0.290 e. The van der Waals surface area contributed by atoms with Crippen LogP contribution in [-0.2, 0) is 19.6 Å². The Balaban J connectivity index is 2.61. The highest BCUT2D eigenvalue weighted by atomic mass is 32.2. The van der Waals surface area contributed by atoms with Gasteiger partial charge in [0.2, 0.25) is 10.0 Å². The average molecular weight is 239 g/mol. The smallest absolute Gasteiger partial charge is 0.216 e. The van der Waals surface area contributed by atoms with Gasteiger partial charge < -0.3 is 0 Å². The van der Waals surface area contributed by atoms with Gasteiger partial charge in [0.15, 0.2) is 11.6 Å². The predicted octanol–water partition coefficient (Wildman–Crippen LogP) is -0.392. The van der Waals surface area contributed by atoms with Crippen molar-refractivity contribution in [2.45, 2.75) is 11.7 Å². The Kier molecular flexibility index (Phi) is 2.40. The molecule has 0 aromatic rings. The molecule has 0 saturated heterocycles. The van der Waals surface area contributed by atoms with Crippen LogP contribution in [0.25, 0.3) is 0 Å². The maximum absolute atomic E-state index is 11.6. The summed E-state index contributed by atoms with van der Waals surface area (Å²) in [5.74, 6) is -0.822. The van der Waals surface area contributed by atoms with E-state index < -0.39 is 21.1 Å². The number of carbonyl (C=O) groups excluding carboxylic acids is 2. The maximum Gasteiger partial charge on any atom is 0.216 e. The van der Waals surface area contributed by atoms with Gasteiger partial charge in [0.05, 0.1) is 0 Å². The highest BCUT2D eigenvalue weighted by Gasteiger charge is 2.35. The lowest BCUT2D eigenvalue weighted by Gasteiger charge is -2.22. The molecule has 0 aromatic heterocycles. The van der Waals surface area contributed by atoms with Gasteiger partial charge in [0, 0.05) is 11.1 Å². The topological polar surface area (TPSA) is 94.3 Å². The Labute approximate surface area is 92.4 Å². The fraction of sp³-hybridized carbons (Fsp3) is 0.200. The van der Waals surface area contributed by atoms with Crippen LogP contribution in [0.3, 0.4) is 0 Å². The SMILES string of the molecule is NS(=O)(=O)C1CC=CC2=C1C(=O)C=CC2=O. The molecule has 2 rings (SSSR count). The molecule has 2 N–H and O–H groups in total. The Hall–Kier alpha value is -1.53. The Morgan fingerprint density at radius 1 is 1.12 bits per heavy atom. The van der Waals surface area contributed by atoms with E-state index in [2.05, 4.69) is 0 Å². The Morgan fingerprint density at radius 2 is 1.75 bits per heavy atom. The first-order valence-electron chi connectivity index (χ1n) is 4.60. The third-order valence-electron chi connectivity index (χ3n) is 2.56. The number of ketones is 2. The monoisotopic (exact) mass is 239 g/mol. The van der Waals surface area contributed by atoms with E-state index in [4.69, 9.17) is 5.14 Å². The molecule has 1 unspecified atom stereocenters. The molecule has 0 amide bonds. The van der Waals surface area contributed by atoms with E-state index in [1.807, 2.05) is 0 Å². The maximum atomic E-state index is 11.6. The zero-order valence-corrected chi connectivity index (χ0v) is 9.03. The van der Waals surface area contributed by atoms with Crippen molar-refractivity contribution in [3.8, 4) is 0 Å². The van der Waals surface area contributed by atoms with Crippen LogP contribution in [0.5, 0.6) is 0 Å². The molecule has 1 atom stereocenters. The quantitative estimate of drug-likeness (QED) is 0.630. The molecule has 0 radical (unpaired) electrons. The van der Waals surface area contributed by atoms with Crippen LogP contribution >= 0.6 is 0 Å². The third-order valence-corrected chi connectivity index (χ3v) is 3.78. The molecule has 84 valence electrons. The lowest BCUT2D eigenvalue weighted by Crippen LogP contribution is -2.36. The van der Waals surface area contributed by atoms with E-state index in [0.29, 0.717) is 0 Å². The highest BCUT2D eigenvalue weighted by molar-refractivity contribution is 7.90. The standard InChI is InChI=1S/C10H9NO4S/c11-16(14,15)9-3-1-2-6-7(12)4-5-8(13)10(6)9/h1-2,4-5,9H,3H2,(H2,11,14,15). The second-order valence-corrected chi connectivity index (χ2v) is 5.35. The van der Waals surface area contributed by atoms with E-state index in [1.165, 1.54) is 12.2 Å². The molecule has 5 nitrogen and oxygen atoms in total. The number of hydrogen-bond donors (Lipinski definition) is 1. The number of primary sulfonamides is 1. The average Bonchev–Trinajstić information content (AvgIpc) is 2.22. The highest BCUT2D eigenvalue weighted by Crippen LogP contribution is 2.28. The van der Waals surface area contributed by atoms with Crippen LogP contribution in [0.15, 0.2) is 35.5 Å².